The number of aromatic nitrogens is 2. The van der Waals surface area contributed by atoms with E-state index in [9.17, 15) is 4.79 Å². The van der Waals surface area contributed by atoms with Gasteiger partial charge in [0.25, 0.3) is 0 Å². The number of hydrogen-bond donors (Lipinski definition) is 1. The summed E-state index contributed by atoms with van der Waals surface area (Å²) in [7, 11) is 0. The Hall–Kier alpha value is -1.10. The van der Waals surface area contributed by atoms with Crippen molar-refractivity contribution in [3.05, 3.63) is 17.6 Å². The minimum atomic E-state index is -0.138. The number of rotatable bonds is 6. The molecule has 1 atom stereocenters. The van der Waals surface area contributed by atoms with Gasteiger partial charge in [-0.2, -0.15) is 0 Å². The van der Waals surface area contributed by atoms with Crippen LogP contribution < -0.4 is 5.32 Å². The Labute approximate surface area is 119 Å². The standard InChI is InChI=1S/C14H23N3OS/c1-6-7-15-14(18)11(5)19-12-8-10(4)16-13(17-12)9(2)3/h8-9,11H,6-7H2,1-5H3,(H,15,18)/t11-/m0/s1. The Morgan fingerprint density at radius 3 is 2.63 bits per heavy atom. The molecule has 0 unspecified atom stereocenters. The Morgan fingerprint density at radius 2 is 2.05 bits per heavy atom. The molecule has 0 saturated carbocycles. The highest BCUT2D eigenvalue weighted by molar-refractivity contribution is 8.00. The monoisotopic (exact) mass is 281 g/mol. The zero-order chi connectivity index (χ0) is 14.4. The highest BCUT2D eigenvalue weighted by Crippen LogP contribution is 2.23. The molecule has 0 aliphatic heterocycles. The maximum Gasteiger partial charge on any atom is 0.233 e. The number of carbonyl (C=O) groups is 1. The van der Waals surface area contributed by atoms with Crippen LogP contribution in [0, 0.1) is 6.92 Å². The van der Waals surface area contributed by atoms with E-state index >= 15 is 0 Å². The van der Waals surface area contributed by atoms with Crippen LogP contribution in [0.3, 0.4) is 0 Å². The van der Waals surface area contributed by atoms with Crippen LogP contribution in [0.4, 0.5) is 0 Å². The van der Waals surface area contributed by atoms with Gasteiger partial charge >= 0.3 is 0 Å². The van der Waals surface area contributed by atoms with Gasteiger partial charge in [0.05, 0.1) is 5.25 Å². The fourth-order valence-corrected chi connectivity index (χ4v) is 2.44. The third-order valence-electron chi connectivity index (χ3n) is 2.58. The van der Waals surface area contributed by atoms with E-state index in [2.05, 4.69) is 29.1 Å². The highest BCUT2D eigenvalue weighted by atomic mass is 32.2. The van der Waals surface area contributed by atoms with E-state index < -0.39 is 0 Å². The number of amides is 1. The van der Waals surface area contributed by atoms with Gasteiger partial charge in [-0.15, -0.1) is 0 Å². The summed E-state index contributed by atoms with van der Waals surface area (Å²) in [5.74, 6) is 1.20. The highest BCUT2D eigenvalue weighted by Gasteiger charge is 2.15. The fraction of sp³-hybridized carbons (Fsp3) is 0.643. The van der Waals surface area contributed by atoms with Crippen LogP contribution in [0.2, 0.25) is 0 Å². The van der Waals surface area contributed by atoms with Crippen molar-refractivity contribution in [3.8, 4) is 0 Å². The van der Waals surface area contributed by atoms with Crippen LogP contribution in [0.25, 0.3) is 0 Å². The summed E-state index contributed by atoms with van der Waals surface area (Å²) >= 11 is 1.48. The molecule has 1 rings (SSSR count). The minimum Gasteiger partial charge on any atom is -0.355 e. The van der Waals surface area contributed by atoms with Crippen LogP contribution in [0.1, 0.15) is 51.6 Å². The van der Waals surface area contributed by atoms with Crippen molar-refractivity contribution in [2.75, 3.05) is 6.54 Å². The van der Waals surface area contributed by atoms with E-state index in [1.807, 2.05) is 26.8 Å². The molecule has 5 heteroatoms. The predicted octanol–water partition coefficient (Wildman–Crippen LogP) is 2.92. The molecule has 0 bridgehead atoms. The second-order valence-corrected chi connectivity index (χ2v) is 6.27. The van der Waals surface area contributed by atoms with Crippen LogP contribution in [0.15, 0.2) is 11.1 Å². The lowest BCUT2D eigenvalue weighted by Crippen LogP contribution is -2.31. The largest absolute Gasteiger partial charge is 0.355 e. The lowest BCUT2D eigenvalue weighted by Gasteiger charge is -2.12. The van der Waals surface area contributed by atoms with Gasteiger partial charge in [0.15, 0.2) is 0 Å². The summed E-state index contributed by atoms with van der Waals surface area (Å²) in [6.45, 7) is 10.8. The van der Waals surface area contributed by atoms with Crippen molar-refractivity contribution >= 4 is 17.7 Å². The van der Waals surface area contributed by atoms with Gasteiger partial charge in [0.2, 0.25) is 5.91 Å². The number of thioether (sulfide) groups is 1. The van der Waals surface area contributed by atoms with E-state index in [1.165, 1.54) is 11.8 Å². The quantitative estimate of drug-likeness (QED) is 0.643. The summed E-state index contributed by atoms with van der Waals surface area (Å²) in [6, 6.07) is 1.93. The molecular formula is C14H23N3OS. The molecule has 0 saturated heterocycles. The molecule has 4 nitrogen and oxygen atoms in total. The molecular weight excluding hydrogens is 258 g/mol. The topological polar surface area (TPSA) is 54.9 Å². The van der Waals surface area contributed by atoms with Crippen molar-refractivity contribution in [2.45, 2.75) is 57.2 Å². The number of nitrogens with one attached hydrogen (secondary N) is 1. The average Bonchev–Trinajstić information content (AvgIpc) is 2.34. The van der Waals surface area contributed by atoms with Crippen molar-refractivity contribution in [1.82, 2.24) is 15.3 Å². The van der Waals surface area contributed by atoms with Gasteiger partial charge in [0, 0.05) is 18.2 Å². The smallest absolute Gasteiger partial charge is 0.233 e. The maximum atomic E-state index is 11.8. The molecule has 0 radical (unpaired) electrons. The first kappa shape index (κ1) is 16.0. The van der Waals surface area contributed by atoms with Gasteiger partial charge in [-0.25, -0.2) is 9.97 Å². The Bertz CT molecular complexity index is 435. The molecule has 1 N–H and O–H groups in total. The zero-order valence-corrected chi connectivity index (χ0v) is 13.2. The maximum absolute atomic E-state index is 11.8. The molecule has 0 aliphatic carbocycles. The minimum absolute atomic E-state index is 0.0641. The van der Waals surface area contributed by atoms with E-state index in [-0.39, 0.29) is 11.2 Å². The molecule has 1 heterocycles. The normalized spacial score (nSPS) is 12.5. The molecule has 106 valence electrons. The Balaban J connectivity index is 2.73. The van der Waals surface area contributed by atoms with Gasteiger partial charge in [-0.05, 0) is 26.3 Å². The Kier molecular flexibility index (Phi) is 6.28. The molecule has 0 fully saturated rings. The third-order valence-corrected chi connectivity index (χ3v) is 3.60. The summed E-state index contributed by atoms with van der Waals surface area (Å²) < 4.78 is 0. The van der Waals surface area contributed by atoms with Crippen LogP contribution in [-0.2, 0) is 4.79 Å². The van der Waals surface area contributed by atoms with Crippen LogP contribution in [0.5, 0.6) is 0 Å². The molecule has 0 spiro atoms. The number of nitrogens with zero attached hydrogens (tertiary/aromatic N) is 2. The number of carbonyl (C=O) groups excluding carboxylic acids is 1. The van der Waals surface area contributed by atoms with Crippen LogP contribution >= 0.6 is 11.8 Å². The van der Waals surface area contributed by atoms with Gasteiger partial charge in [-0.1, -0.05) is 32.5 Å². The van der Waals surface area contributed by atoms with Crippen LogP contribution in [-0.4, -0.2) is 27.7 Å². The molecule has 19 heavy (non-hydrogen) atoms. The van der Waals surface area contributed by atoms with Gasteiger partial charge in [-0.3, -0.25) is 4.79 Å². The van der Waals surface area contributed by atoms with Gasteiger partial charge in [0.1, 0.15) is 10.9 Å². The fourth-order valence-electron chi connectivity index (χ4n) is 1.51. The molecule has 1 aromatic rings. The molecule has 0 aliphatic rings. The molecule has 1 aromatic heterocycles. The van der Waals surface area contributed by atoms with E-state index in [4.69, 9.17) is 0 Å². The van der Waals surface area contributed by atoms with E-state index in [1.54, 1.807) is 0 Å². The Morgan fingerprint density at radius 1 is 1.37 bits per heavy atom. The zero-order valence-electron chi connectivity index (χ0n) is 12.4. The van der Waals surface area contributed by atoms with Crippen molar-refractivity contribution in [3.63, 3.8) is 0 Å². The van der Waals surface area contributed by atoms with E-state index in [0.29, 0.717) is 5.92 Å². The lowest BCUT2D eigenvalue weighted by atomic mass is 10.2. The van der Waals surface area contributed by atoms with Crippen molar-refractivity contribution < 1.29 is 4.79 Å². The van der Waals surface area contributed by atoms with Gasteiger partial charge < -0.3 is 5.32 Å². The predicted molar refractivity (Wildman–Crippen MR) is 79.5 cm³/mol. The lowest BCUT2D eigenvalue weighted by molar-refractivity contribution is -0.120. The second kappa shape index (κ2) is 7.48. The summed E-state index contributed by atoms with van der Waals surface area (Å²) in [4.78, 5) is 20.8. The summed E-state index contributed by atoms with van der Waals surface area (Å²) in [5.41, 5.74) is 0.947. The first-order valence-corrected chi connectivity index (χ1v) is 7.62. The van der Waals surface area contributed by atoms with E-state index in [0.717, 1.165) is 29.5 Å². The second-order valence-electron chi connectivity index (χ2n) is 4.91. The molecule has 0 aromatic carbocycles. The first-order valence-electron chi connectivity index (χ1n) is 6.74. The number of hydrogen-bond acceptors (Lipinski definition) is 4. The third kappa shape index (κ3) is 5.19. The van der Waals surface area contributed by atoms with Crippen molar-refractivity contribution in [2.24, 2.45) is 0 Å². The SMILES string of the molecule is CCCNC(=O)[C@H](C)Sc1cc(C)nc(C(C)C)n1. The van der Waals surface area contributed by atoms with Crippen molar-refractivity contribution in [1.29, 1.82) is 0 Å². The molecule has 1 amide bonds. The first-order chi connectivity index (χ1) is 8.93. The average molecular weight is 281 g/mol. The summed E-state index contributed by atoms with van der Waals surface area (Å²) in [5, 5.41) is 3.63. The number of aryl methyl sites for hydroxylation is 1. The summed E-state index contributed by atoms with van der Waals surface area (Å²) in [6.07, 6.45) is 0.952.